The Hall–Kier alpha value is -3.25. The molecule has 4 aromatic rings. The zero-order valence-corrected chi connectivity index (χ0v) is 15.6. The fourth-order valence-corrected chi connectivity index (χ4v) is 3.33. The number of aromatic nitrogens is 3. The highest BCUT2D eigenvalue weighted by atomic mass is 32.1. The fraction of sp³-hybridized carbons (Fsp3) is 0.0952. The summed E-state index contributed by atoms with van der Waals surface area (Å²) in [4.78, 5) is 12.7. The van der Waals surface area contributed by atoms with Gasteiger partial charge in [0.2, 0.25) is 5.91 Å². The van der Waals surface area contributed by atoms with Crippen LogP contribution in [0.25, 0.3) is 22.2 Å². The van der Waals surface area contributed by atoms with Crippen molar-refractivity contribution in [1.29, 1.82) is 0 Å². The number of benzene rings is 3. The lowest BCUT2D eigenvalue weighted by molar-refractivity contribution is -0.116. The number of fused-ring (bicyclic) bond motifs is 1. The summed E-state index contributed by atoms with van der Waals surface area (Å²) in [5, 5.41) is 12.2. The Morgan fingerprint density at radius 1 is 1.11 bits per heavy atom. The van der Waals surface area contributed by atoms with Crippen molar-refractivity contribution in [2.45, 2.75) is 13.5 Å². The molecule has 0 unspecified atom stereocenters. The van der Waals surface area contributed by atoms with Gasteiger partial charge in [-0.05, 0) is 36.7 Å². The molecule has 1 heterocycles. The van der Waals surface area contributed by atoms with Crippen LogP contribution in [0.2, 0.25) is 0 Å². The van der Waals surface area contributed by atoms with Gasteiger partial charge >= 0.3 is 0 Å². The maximum atomic E-state index is 12.7. The van der Waals surface area contributed by atoms with E-state index >= 15 is 0 Å². The van der Waals surface area contributed by atoms with Gasteiger partial charge in [-0.1, -0.05) is 60.2 Å². The van der Waals surface area contributed by atoms with Crippen molar-refractivity contribution in [3.63, 3.8) is 0 Å². The molecule has 134 valence electrons. The molecule has 0 spiro atoms. The van der Waals surface area contributed by atoms with Crippen LogP contribution < -0.4 is 5.32 Å². The predicted molar refractivity (Wildman–Crippen MR) is 110 cm³/mol. The number of rotatable bonds is 4. The van der Waals surface area contributed by atoms with E-state index in [4.69, 9.17) is 12.2 Å². The number of carbonyl (C=O) groups is 1. The van der Waals surface area contributed by atoms with E-state index < -0.39 is 0 Å². The number of nitrogens with zero attached hydrogens (tertiary/aromatic N) is 2. The molecule has 0 aliphatic carbocycles. The number of hydrogen-bond donors (Lipinski definition) is 2. The predicted octanol–water partition coefficient (Wildman–Crippen LogP) is 4.71. The lowest BCUT2D eigenvalue weighted by Gasteiger charge is -2.10. The first-order valence-electron chi connectivity index (χ1n) is 8.62. The number of hydrogen-bond acceptors (Lipinski definition) is 3. The largest absolute Gasteiger partial charge is 0.324 e. The highest BCUT2D eigenvalue weighted by Crippen LogP contribution is 2.23. The van der Waals surface area contributed by atoms with Gasteiger partial charge in [0, 0.05) is 16.6 Å². The molecule has 6 heteroatoms. The van der Waals surface area contributed by atoms with E-state index in [1.54, 1.807) is 4.57 Å². The van der Waals surface area contributed by atoms with Crippen molar-refractivity contribution in [3.8, 4) is 11.4 Å². The second-order valence-electron chi connectivity index (χ2n) is 6.38. The zero-order valence-electron chi connectivity index (χ0n) is 14.8. The van der Waals surface area contributed by atoms with Crippen molar-refractivity contribution in [3.05, 3.63) is 77.1 Å². The van der Waals surface area contributed by atoms with Gasteiger partial charge in [-0.2, -0.15) is 5.10 Å². The Kier molecular flexibility index (Phi) is 4.56. The van der Waals surface area contributed by atoms with Gasteiger partial charge < -0.3 is 5.32 Å². The standard InChI is InChI=1S/C21H18N4OS/c1-14-6-4-9-16(12-14)20-23-24-21(27)25(20)13-19(26)22-18-11-5-8-15-7-2-3-10-17(15)18/h2-12H,13H2,1H3,(H,22,26)(H,24,27). The van der Waals surface area contributed by atoms with Gasteiger partial charge in [0.25, 0.3) is 0 Å². The van der Waals surface area contributed by atoms with Crippen LogP contribution in [0.1, 0.15) is 5.56 Å². The summed E-state index contributed by atoms with van der Waals surface area (Å²) in [5.74, 6) is 0.495. The van der Waals surface area contributed by atoms with Gasteiger partial charge in [0.05, 0.1) is 0 Å². The van der Waals surface area contributed by atoms with Crippen molar-refractivity contribution in [1.82, 2.24) is 14.8 Å². The van der Waals surface area contributed by atoms with Crippen LogP contribution in [0, 0.1) is 11.7 Å². The Labute approximate surface area is 161 Å². The molecule has 0 fully saturated rings. The van der Waals surface area contributed by atoms with Crippen LogP contribution in [0.3, 0.4) is 0 Å². The monoisotopic (exact) mass is 374 g/mol. The SMILES string of the molecule is Cc1cccc(-c2n[nH]c(=S)n2CC(=O)Nc2cccc3ccccc23)c1. The molecule has 27 heavy (non-hydrogen) atoms. The first-order chi connectivity index (χ1) is 13.1. The Morgan fingerprint density at radius 3 is 2.74 bits per heavy atom. The number of aryl methyl sites for hydroxylation is 1. The molecule has 0 saturated carbocycles. The smallest absolute Gasteiger partial charge is 0.244 e. The quantitative estimate of drug-likeness (QED) is 0.509. The van der Waals surface area contributed by atoms with E-state index in [0.717, 1.165) is 27.6 Å². The van der Waals surface area contributed by atoms with Crippen molar-refractivity contribution >= 4 is 34.6 Å². The van der Waals surface area contributed by atoms with E-state index in [-0.39, 0.29) is 12.5 Å². The molecular formula is C21H18N4OS. The lowest BCUT2D eigenvalue weighted by Crippen LogP contribution is -2.19. The molecule has 0 bridgehead atoms. The maximum absolute atomic E-state index is 12.7. The minimum absolute atomic E-state index is 0.0851. The minimum atomic E-state index is -0.155. The third-order valence-electron chi connectivity index (χ3n) is 4.40. The molecule has 4 rings (SSSR count). The van der Waals surface area contributed by atoms with Crippen LogP contribution in [-0.4, -0.2) is 20.7 Å². The molecule has 0 radical (unpaired) electrons. The number of carbonyl (C=O) groups excluding carboxylic acids is 1. The average Bonchev–Trinajstić information content (AvgIpc) is 3.02. The van der Waals surface area contributed by atoms with Crippen LogP contribution in [0.5, 0.6) is 0 Å². The highest BCUT2D eigenvalue weighted by Gasteiger charge is 2.13. The number of H-pyrrole nitrogens is 1. The second-order valence-corrected chi connectivity index (χ2v) is 6.77. The normalized spacial score (nSPS) is 10.9. The van der Waals surface area contributed by atoms with E-state index in [2.05, 4.69) is 15.5 Å². The average molecular weight is 374 g/mol. The van der Waals surface area contributed by atoms with E-state index in [1.165, 1.54) is 0 Å². The van der Waals surface area contributed by atoms with Crippen LogP contribution in [0.4, 0.5) is 5.69 Å². The number of anilines is 1. The Bertz CT molecular complexity index is 1190. The molecule has 0 atom stereocenters. The molecule has 1 amide bonds. The van der Waals surface area contributed by atoms with Crippen LogP contribution in [0.15, 0.2) is 66.7 Å². The second kappa shape index (κ2) is 7.17. The van der Waals surface area contributed by atoms with Gasteiger partial charge in [-0.25, -0.2) is 0 Å². The highest BCUT2D eigenvalue weighted by molar-refractivity contribution is 7.71. The molecule has 0 aliphatic rings. The summed E-state index contributed by atoms with van der Waals surface area (Å²) in [6.45, 7) is 2.10. The van der Waals surface area contributed by atoms with E-state index in [0.29, 0.717) is 10.6 Å². The summed E-state index contributed by atoms with van der Waals surface area (Å²) in [6.07, 6.45) is 0. The molecular weight excluding hydrogens is 356 g/mol. The Balaban J connectivity index is 1.62. The van der Waals surface area contributed by atoms with Crippen molar-refractivity contribution in [2.24, 2.45) is 0 Å². The van der Waals surface area contributed by atoms with Crippen molar-refractivity contribution < 1.29 is 4.79 Å². The van der Waals surface area contributed by atoms with Gasteiger partial charge in [0.15, 0.2) is 10.6 Å². The number of nitrogens with one attached hydrogen (secondary N) is 2. The first-order valence-corrected chi connectivity index (χ1v) is 9.02. The summed E-state index contributed by atoms with van der Waals surface area (Å²) in [6, 6.07) is 21.8. The lowest BCUT2D eigenvalue weighted by atomic mass is 10.1. The van der Waals surface area contributed by atoms with Crippen molar-refractivity contribution in [2.75, 3.05) is 5.32 Å². The molecule has 1 aromatic heterocycles. The van der Waals surface area contributed by atoms with Crippen LogP contribution in [-0.2, 0) is 11.3 Å². The molecule has 3 aromatic carbocycles. The van der Waals surface area contributed by atoms with E-state index in [1.807, 2.05) is 73.7 Å². The van der Waals surface area contributed by atoms with E-state index in [9.17, 15) is 4.79 Å². The maximum Gasteiger partial charge on any atom is 0.244 e. The molecule has 0 saturated heterocycles. The summed E-state index contributed by atoms with van der Waals surface area (Å²) in [7, 11) is 0. The Morgan fingerprint density at radius 2 is 1.89 bits per heavy atom. The third-order valence-corrected chi connectivity index (χ3v) is 4.71. The van der Waals surface area contributed by atoms with Gasteiger partial charge in [0.1, 0.15) is 6.54 Å². The van der Waals surface area contributed by atoms with Gasteiger partial charge in [-0.3, -0.25) is 14.5 Å². The summed E-state index contributed by atoms with van der Waals surface area (Å²) in [5.41, 5.74) is 2.82. The van der Waals surface area contributed by atoms with Gasteiger partial charge in [-0.15, -0.1) is 0 Å². The molecule has 0 aliphatic heterocycles. The zero-order chi connectivity index (χ0) is 18.8. The molecule has 5 nitrogen and oxygen atoms in total. The number of aromatic amines is 1. The summed E-state index contributed by atoms with van der Waals surface area (Å²) < 4.78 is 2.13. The molecule has 2 N–H and O–H groups in total. The topological polar surface area (TPSA) is 62.7 Å². The first kappa shape index (κ1) is 17.2. The summed E-state index contributed by atoms with van der Waals surface area (Å²) >= 11 is 5.33. The third kappa shape index (κ3) is 3.52. The number of amides is 1. The minimum Gasteiger partial charge on any atom is -0.324 e. The van der Waals surface area contributed by atoms with Crippen LogP contribution >= 0.6 is 12.2 Å². The fourth-order valence-electron chi connectivity index (χ4n) is 3.14.